The molecule has 16 heavy (non-hydrogen) atoms. The Bertz CT molecular complexity index is 267. The lowest BCUT2D eigenvalue weighted by atomic mass is 9.61. The molecule has 0 amide bonds. The van der Waals surface area contributed by atoms with Crippen LogP contribution in [-0.4, -0.2) is 31.6 Å². The van der Waals surface area contributed by atoms with Gasteiger partial charge >= 0.3 is 0 Å². The summed E-state index contributed by atoms with van der Waals surface area (Å²) in [6, 6.07) is 0.608. The van der Waals surface area contributed by atoms with Gasteiger partial charge in [-0.3, -0.25) is 5.32 Å². The normalized spacial score (nSPS) is 41.8. The predicted octanol–water partition coefficient (Wildman–Crippen LogP) is 1.92. The Morgan fingerprint density at radius 1 is 1.19 bits per heavy atom. The number of hydrogen-bond acceptors (Lipinski definition) is 3. The van der Waals surface area contributed by atoms with Crippen LogP contribution in [0.3, 0.4) is 0 Å². The molecule has 0 radical (unpaired) electrons. The van der Waals surface area contributed by atoms with Crippen molar-refractivity contribution in [2.75, 3.05) is 19.8 Å². The van der Waals surface area contributed by atoms with Crippen LogP contribution in [0.4, 0.5) is 0 Å². The molecule has 2 spiro atoms. The first-order valence-corrected chi connectivity index (χ1v) is 6.65. The molecule has 0 aromatic carbocycles. The van der Waals surface area contributed by atoms with Gasteiger partial charge in [0.05, 0.1) is 19.8 Å². The number of ether oxygens (including phenoxy) is 2. The van der Waals surface area contributed by atoms with Gasteiger partial charge in [-0.2, -0.15) is 0 Å². The van der Waals surface area contributed by atoms with Crippen molar-refractivity contribution in [2.45, 2.75) is 51.3 Å². The van der Waals surface area contributed by atoms with Gasteiger partial charge in [0.2, 0.25) is 0 Å². The maximum atomic E-state index is 6.13. The fourth-order valence-corrected chi connectivity index (χ4v) is 3.58. The van der Waals surface area contributed by atoms with E-state index in [0.29, 0.717) is 17.4 Å². The van der Waals surface area contributed by atoms with Gasteiger partial charge in [0.1, 0.15) is 5.72 Å². The molecule has 0 aromatic rings. The fraction of sp³-hybridized carbons (Fsp3) is 1.00. The molecule has 1 aliphatic carbocycles. The van der Waals surface area contributed by atoms with Gasteiger partial charge in [-0.15, -0.1) is 0 Å². The highest BCUT2D eigenvalue weighted by Gasteiger charge is 2.54. The Kier molecular flexibility index (Phi) is 2.54. The highest BCUT2D eigenvalue weighted by atomic mass is 16.6. The Morgan fingerprint density at radius 2 is 2.00 bits per heavy atom. The Hall–Kier alpha value is -0.120. The first-order valence-electron chi connectivity index (χ1n) is 6.65. The second-order valence-electron chi connectivity index (χ2n) is 6.17. The molecule has 2 heterocycles. The highest BCUT2D eigenvalue weighted by Crippen LogP contribution is 2.50. The van der Waals surface area contributed by atoms with E-state index >= 15 is 0 Å². The number of nitrogens with one attached hydrogen (secondary N) is 1. The maximum absolute atomic E-state index is 6.13. The molecular weight excluding hydrogens is 202 g/mol. The van der Waals surface area contributed by atoms with Crippen molar-refractivity contribution in [2.24, 2.45) is 11.3 Å². The first kappa shape index (κ1) is 11.0. The van der Waals surface area contributed by atoms with Gasteiger partial charge in [0, 0.05) is 17.9 Å². The van der Waals surface area contributed by atoms with Crippen LogP contribution in [0.5, 0.6) is 0 Å². The lowest BCUT2D eigenvalue weighted by Gasteiger charge is -2.56. The molecule has 0 aromatic heterocycles. The van der Waals surface area contributed by atoms with E-state index in [1.165, 1.54) is 19.3 Å². The van der Waals surface area contributed by atoms with Crippen molar-refractivity contribution in [1.82, 2.24) is 5.32 Å². The molecule has 1 N–H and O–H groups in total. The standard InChI is InChI=1S/C13H23NO2/c1-10(2)11-12(4-3-5-12)8-16-13(14-11)6-7-15-9-13/h10-11,14H,3-9H2,1-2H3. The van der Waals surface area contributed by atoms with Crippen LogP contribution in [0.2, 0.25) is 0 Å². The van der Waals surface area contributed by atoms with E-state index in [4.69, 9.17) is 9.47 Å². The smallest absolute Gasteiger partial charge is 0.145 e. The molecule has 3 nitrogen and oxygen atoms in total. The summed E-state index contributed by atoms with van der Waals surface area (Å²) < 4.78 is 11.6. The van der Waals surface area contributed by atoms with Gasteiger partial charge in [0.15, 0.2) is 0 Å². The van der Waals surface area contributed by atoms with E-state index in [2.05, 4.69) is 19.2 Å². The quantitative estimate of drug-likeness (QED) is 0.739. The van der Waals surface area contributed by atoms with Crippen molar-refractivity contribution >= 4 is 0 Å². The van der Waals surface area contributed by atoms with E-state index in [9.17, 15) is 0 Å². The van der Waals surface area contributed by atoms with Crippen LogP contribution >= 0.6 is 0 Å². The van der Waals surface area contributed by atoms with Gasteiger partial charge in [-0.1, -0.05) is 20.3 Å². The number of rotatable bonds is 1. The van der Waals surface area contributed by atoms with E-state index in [-0.39, 0.29) is 5.72 Å². The second kappa shape index (κ2) is 3.69. The van der Waals surface area contributed by atoms with Gasteiger partial charge in [-0.05, 0) is 18.8 Å². The van der Waals surface area contributed by atoms with Crippen molar-refractivity contribution in [3.63, 3.8) is 0 Å². The molecule has 2 aliphatic heterocycles. The molecule has 1 saturated carbocycles. The van der Waals surface area contributed by atoms with E-state index < -0.39 is 0 Å². The molecule has 2 saturated heterocycles. The van der Waals surface area contributed by atoms with Gasteiger partial charge in [-0.25, -0.2) is 0 Å². The second-order valence-corrected chi connectivity index (χ2v) is 6.17. The lowest BCUT2D eigenvalue weighted by Crippen LogP contribution is -2.68. The van der Waals surface area contributed by atoms with Crippen molar-refractivity contribution in [3.8, 4) is 0 Å². The molecule has 0 bridgehead atoms. The zero-order valence-electron chi connectivity index (χ0n) is 10.4. The SMILES string of the molecule is CC(C)C1NC2(CCOC2)OCC12CCC2. The Morgan fingerprint density at radius 3 is 2.50 bits per heavy atom. The van der Waals surface area contributed by atoms with Crippen molar-refractivity contribution in [1.29, 1.82) is 0 Å². The third-order valence-electron chi connectivity index (χ3n) is 4.72. The predicted molar refractivity (Wildman–Crippen MR) is 62.2 cm³/mol. The van der Waals surface area contributed by atoms with E-state index in [1.807, 2.05) is 0 Å². The largest absolute Gasteiger partial charge is 0.377 e. The third-order valence-corrected chi connectivity index (χ3v) is 4.72. The summed E-state index contributed by atoms with van der Waals surface area (Å²) in [5, 5.41) is 3.77. The van der Waals surface area contributed by atoms with Crippen molar-refractivity contribution in [3.05, 3.63) is 0 Å². The summed E-state index contributed by atoms with van der Waals surface area (Å²) in [6.07, 6.45) is 5.05. The zero-order valence-corrected chi connectivity index (χ0v) is 10.4. The average Bonchev–Trinajstić information content (AvgIpc) is 2.64. The first-order chi connectivity index (χ1) is 7.66. The summed E-state index contributed by atoms with van der Waals surface area (Å²) in [4.78, 5) is 0. The molecular formula is C13H23NO2. The summed E-state index contributed by atoms with van der Waals surface area (Å²) in [7, 11) is 0. The molecule has 2 unspecified atom stereocenters. The zero-order chi connectivity index (χ0) is 11.2. The van der Waals surface area contributed by atoms with E-state index in [1.54, 1.807) is 0 Å². The van der Waals surface area contributed by atoms with Gasteiger partial charge < -0.3 is 9.47 Å². The Balaban J connectivity index is 1.78. The Labute approximate surface area is 97.9 Å². The summed E-state index contributed by atoms with van der Waals surface area (Å²) >= 11 is 0. The fourth-order valence-electron chi connectivity index (χ4n) is 3.58. The molecule has 2 atom stereocenters. The summed E-state index contributed by atoms with van der Waals surface area (Å²) in [6.45, 7) is 7.16. The minimum atomic E-state index is -0.157. The monoisotopic (exact) mass is 225 g/mol. The van der Waals surface area contributed by atoms with Crippen LogP contribution < -0.4 is 5.32 Å². The van der Waals surface area contributed by atoms with Crippen LogP contribution in [0.25, 0.3) is 0 Å². The highest BCUT2D eigenvalue weighted by molar-refractivity contribution is 5.05. The lowest BCUT2D eigenvalue weighted by molar-refractivity contribution is -0.194. The number of hydrogen-bond donors (Lipinski definition) is 1. The molecule has 3 rings (SSSR count). The van der Waals surface area contributed by atoms with Crippen molar-refractivity contribution < 1.29 is 9.47 Å². The minimum absolute atomic E-state index is 0.157. The maximum Gasteiger partial charge on any atom is 0.145 e. The topological polar surface area (TPSA) is 30.5 Å². The molecule has 92 valence electrons. The molecule has 3 fully saturated rings. The van der Waals surface area contributed by atoms with Crippen LogP contribution in [0, 0.1) is 11.3 Å². The van der Waals surface area contributed by atoms with E-state index in [0.717, 1.165) is 26.2 Å². The van der Waals surface area contributed by atoms with Crippen LogP contribution in [0.15, 0.2) is 0 Å². The van der Waals surface area contributed by atoms with Crippen LogP contribution in [0.1, 0.15) is 39.5 Å². The minimum Gasteiger partial charge on any atom is -0.377 e. The molecule has 3 aliphatic rings. The average molecular weight is 225 g/mol. The summed E-state index contributed by atoms with van der Waals surface area (Å²) in [5.74, 6) is 0.682. The third kappa shape index (κ3) is 1.52. The summed E-state index contributed by atoms with van der Waals surface area (Å²) in [5.41, 5.74) is 0.276. The van der Waals surface area contributed by atoms with Gasteiger partial charge in [0.25, 0.3) is 0 Å². The van der Waals surface area contributed by atoms with Crippen LogP contribution in [-0.2, 0) is 9.47 Å². The molecule has 3 heteroatoms.